The Morgan fingerprint density at radius 1 is 1.22 bits per heavy atom. The fourth-order valence-electron chi connectivity index (χ4n) is 3.27. The summed E-state index contributed by atoms with van der Waals surface area (Å²) in [6, 6.07) is 8.57. The molecule has 0 saturated carbocycles. The Bertz CT molecular complexity index is 549. The SMILES string of the molecule is CC(C)C1(c2cncc3ccccc23)CCCN1. The zero-order valence-electron chi connectivity index (χ0n) is 11.1. The predicted octanol–water partition coefficient (Wildman–Crippen LogP) is 3.47. The number of benzene rings is 1. The lowest BCUT2D eigenvalue weighted by molar-refractivity contribution is 0.279. The van der Waals surface area contributed by atoms with Crippen LogP contribution in [0.1, 0.15) is 32.3 Å². The monoisotopic (exact) mass is 240 g/mol. The van der Waals surface area contributed by atoms with Gasteiger partial charge in [0.05, 0.1) is 0 Å². The van der Waals surface area contributed by atoms with E-state index in [-0.39, 0.29) is 5.54 Å². The predicted molar refractivity (Wildman–Crippen MR) is 75.5 cm³/mol. The Morgan fingerprint density at radius 3 is 2.78 bits per heavy atom. The molecule has 1 atom stereocenters. The van der Waals surface area contributed by atoms with Crippen LogP contribution in [0.3, 0.4) is 0 Å². The van der Waals surface area contributed by atoms with Gasteiger partial charge >= 0.3 is 0 Å². The third-order valence-corrected chi connectivity index (χ3v) is 4.32. The van der Waals surface area contributed by atoms with E-state index >= 15 is 0 Å². The Labute approximate surface area is 108 Å². The van der Waals surface area contributed by atoms with Crippen LogP contribution in [0.15, 0.2) is 36.7 Å². The number of aromatic nitrogens is 1. The molecule has 2 nitrogen and oxygen atoms in total. The highest BCUT2D eigenvalue weighted by Gasteiger charge is 2.39. The highest BCUT2D eigenvalue weighted by Crippen LogP contribution is 2.40. The first-order valence-corrected chi connectivity index (χ1v) is 6.82. The Kier molecular flexibility index (Phi) is 2.83. The van der Waals surface area contributed by atoms with Crippen LogP contribution >= 0.6 is 0 Å². The first-order valence-electron chi connectivity index (χ1n) is 6.82. The first kappa shape index (κ1) is 11.7. The summed E-state index contributed by atoms with van der Waals surface area (Å²) in [5.74, 6) is 0.576. The Morgan fingerprint density at radius 2 is 2.06 bits per heavy atom. The topological polar surface area (TPSA) is 24.9 Å². The maximum Gasteiger partial charge on any atom is 0.0479 e. The molecule has 1 aliphatic rings. The van der Waals surface area contributed by atoms with Crippen LogP contribution in [-0.4, -0.2) is 11.5 Å². The van der Waals surface area contributed by atoms with Crippen molar-refractivity contribution in [1.82, 2.24) is 10.3 Å². The summed E-state index contributed by atoms with van der Waals surface area (Å²) >= 11 is 0. The van der Waals surface area contributed by atoms with Crippen molar-refractivity contribution in [3.8, 4) is 0 Å². The third-order valence-electron chi connectivity index (χ3n) is 4.32. The second-order valence-corrected chi connectivity index (χ2v) is 5.56. The molecule has 0 bridgehead atoms. The molecule has 1 aromatic heterocycles. The van der Waals surface area contributed by atoms with Crippen LogP contribution in [0, 0.1) is 5.92 Å². The van der Waals surface area contributed by atoms with Crippen LogP contribution in [0.5, 0.6) is 0 Å². The van der Waals surface area contributed by atoms with Gasteiger partial charge in [0.25, 0.3) is 0 Å². The number of hydrogen-bond donors (Lipinski definition) is 1. The fraction of sp³-hybridized carbons (Fsp3) is 0.438. The maximum atomic E-state index is 4.44. The summed E-state index contributed by atoms with van der Waals surface area (Å²) < 4.78 is 0. The molecule has 94 valence electrons. The van der Waals surface area contributed by atoms with Gasteiger partial charge in [-0.1, -0.05) is 38.1 Å². The van der Waals surface area contributed by atoms with Gasteiger partial charge in [-0.2, -0.15) is 0 Å². The van der Waals surface area contributed by atoms with Gasteiger partial charge in [0.2, 0.25) is 0 Å². The van der Waals surface area contributed by atoms with E-state index in [1.165, 1.54) is 29.2 Å². The highest BCUT2D eigenvalue weighted by molar-refractivity contribution is 5.85. The molecule has 0 aliphatic carbocycles. The number of nitrogens with one attached hydrogen (secondary N) is 1. The van der Waals surface area contributed by atoms with Crippen LogP contribution in [0.25, 0.3) is 10.8 Å². The molecule has 1 unspecified atom stereocenters. The standard InChI is InChI=1S/C16H20N2/c1-12(2)16(8-5-9-18-16)15-11-17-10-13-6-3-4-7-14(13)15/h3-4,6-7,10-12,18H,5,8-9H2,1-2H3. The summed E-state index contributed by atoms with van der Waals surface area (Å²) in [7, 11) is 0. The van der Waals surface area contributed by atoms with Crippen molar-refractivity contribution in [3.63, 3.8) is 0 Å². The molecule has 18 heavy (non-hydrogen) atoms. The maximum absolute atomic E-state index is 4.44. The lowest BCUT2D eigenvalue weighted by Crippen LogP contribution is -2.42. The molecule has 0 spiro atoms. The molecule has 0 radical (unpaired) electrons. The van der Waals surface area contributed by atoms with Gasteiger partial charge in [-0.15, -0.1) is 0 Å². The van der Waals surface area contributed by atoms with E-state index in [4.69, 9.17) is 0 Å². The van der Waals surface area contributed by atoms with E-state index in [9.17, 15) is 0 Å². The average molecular weight is 240 g/mol. The summed E-state index contributed by atoms with van der Waals surface area (Å²) in [5, 5.41) is 6.32. The van der Waals surface area contributed by atoms with Gasteiger partial charge in [0.1, 0.15) is 0 Å². The van der Waals surface area contributed by atoms with Crippen LogP contribution in [0.2, 0.25) is 0 Å². The van der Waals surface area contributed by atoms with Crippen LogP contribution < -0.4 is 5.32 Å². The van der Waals surface area contributed by atoms with Crippen molar-refractivity contribution in [3.05, 3.63) is 42.2 Å². The third kappa shape index (κ3) is 1.64. The van der Waals surface area contributed by atoms with Crippen molar-refractivity contribution in [2.45, 2.75) is 32.2 Å². The lowest BCUT2D eigenvalue weighted by atomic mass is 9.78. The van der Waals surface area contributed by atoms with Gasteiger partial charge < -0.3 is 5.32 Å². The summed E-state index contributed by atoms with van der Waals surface area (Å²) in [4.78, 5) is 4.44. The quantitative estimate of drug-likeness (QED) is 0.869. The summed E-state index contributed by atoms with van der Waals surface area (Å²) in [6.45, 7) is 5.72. The lowest BCUT2D eigenvalue weighted by Gasteiger charge is -2.35. The summed E-state index contributed by atoms with van der Waals surface area (Å²) in [6.07, 6.45) is 6.48. The molecule has 1 aromatic carbocycles. The van der Waals surface area contributed by atoms with Gasteiger partial charge in [-0.25, -0.2) is 0 Å². The van der Waals surface area contributed by atoms with Gasteiger partial charge in [-0.05, 0) is 36.3 Å². The molecule has 2 heteroatoms. The van der Waals surface area contributed by atoms with Crippen molar-refractivity contribution in [2.75, 3.05) is 6.54 Å². The van der Waals surface area contributed by atoms with Gasteiger partial charge in [-0.3, -0.25) is 4.98 Å². The van der Waals surface area contributed by atoms with E-state index in [1.807, 2.05) is 6.20 Å². The van der Waals surface area contributed by atoms with Crippen molar-refractivity contribution >= 4 is 10.8 Å². The van der Waals surface area contributed by atoms with Crippen molar-refractivity contribution < 1.29 is 0 Å². The molecule has 1 N–H and O–H groups in total. The minimum Gasteiger partial charge on any atom is -0.307 e. The van der Waals surface area contributed by atoms with Crippen molar-refractivity contribution in [1.29, 1.82) is 0 Å². The molecule has 2 heterocycles. The minimum absolute atomic E-state index is 0.105. The molecule has 1 saturated heterocycles. The van der Waals surface area contributed by atoms with Gasteiger partial charge in [0, 0.05) is 23.3 Å². The van der Waals surface area contributed by atoms with E-state index in [2.05, 4.69) is 54.6 Å². The van der Waals surface area contributed by atoms with Crippen LogP contribution in [0.4, 0.5) is 0 Å². The molecular formula is C16H20N2. The average Bonchev–Trinajstić information content (AvgIpc) is 2.88. The Balaban J connectivity index is 2.24. The minimum atomic E-state index is 0.105. The molecule has 3 rings (SSSR count). The molecule has 1 fully saturated rings. The second kappa shape index (κ2) is 4.36. The zero-order valence-corrected chi connectivity index (χ0v) is 11.1. The van der Waals surface area contributed by atoms with E-state index in [0.717, 1.165) is 6.54 Å². The number of fused-ring (bicyclic) bond motifs is 1. The number of pyridine rings is 1. The number of nitrogens with zero attached hydrogens (tertiary/aromatic N) is 1. The number of hydrogen-bond acceptors (Lipinski definition) is 2. The first-order chi connectivity index (χ1) is 8.74. The smallest absolute Gasteiger partial charge is 0.0479 e. The van der Waals surface area contributed by atoms with E-state index in [0.29, 0.717) is 5.92 Å². The summed E-state index contributed by atoms with van der Waals surface area (Å²) in [5.41, 5.74) is 1.47. The van der Waals surface area contributed by atoms with Gasteiger partial charge in [0.15, 0.2) is 0 Å². The normalized spacial score (nSPS) is 23.9. The largest absolute Gasteiger partial charge is 0.307 e. The molecule has 2 aromatic rings. The molecular weight excluding hydrogens is 220 g/mol. The highest BCUT2D eigenvalue weighted by atomic mass is 15.0. The number of rotatable bonds is 2. The zero-order chi connectivity index (χ0) is 12.6. The molecule has 0 amide bonds. The van der Waals surface area contributed by atoms with E-state index < -0.39 is 0 Å². The Hall–Kier alpha value is -1.41. The fourth-order valence-corrected chi connectivity index (χ4v) is 3.27. The molecule has 1 aliphatic heterocycles. The van der Waals surface area contributed by atoms with E-state index in [1.54, 1.807) is 0 Å². The van der Waals surface area contributed by atoms with Crippen LogP contribution in [-0.2, 0) is 5.54 Å². The van der Waals surface area contributed by atoms with Crippen molar-refractivity contribution in [2.24, 2.45) is 5.92 Å². The second-order valence-electron chi connectivity index (χ2n) is 5.56.